The fourth-order valence-electron chi connectivity index (χ4n) is 1.15. The van der Waals surface area contributed by atoms with Gasteiger partial charge in [-0.15, -0.1) is 0 Å². The minimum Gasteiger partial charge on any atom is -0.375 e. The molecule has 0 bridgehead atoms. The summed E-state index contributed by atoms with van der Waals surface area (Å²) in [6.45, 7) is 0.621. The van der Waals surface area contributed by atoms with Crippen molar-refractivity contribution in [2.24, 2.45) is 0 Å². The molecular weight excluding hydrogens is 164 g/mol. The number of rotatable bonds is 2. The third-order valence-corrected chi connectivity index (χ3v) is 2.15. The van der Waals surface area contributed by atoms with Crippen molar-refractivity contribution in [3.05, 3.63) is 0 Å². The third kappa shape index (κ3) is 2.66. The van der Waals surface area contributed by atoms with Crippen LogP contribution in [0.15, 0.2) is 0 Å². The van der Waals surface area contributed by atoms with E-state index in [1.165, 1.54) is 0 Å². The van der Waals surface area contributed by atoms with E-state index in [1.54, 1.807) is 0 Å². The van der Waals surface area contributed by atoms with Crippen LogP contribution < -0.4 is 4.84 Å². The molecule has 1 saturated heterocycles. The number of hydrogen-bond acceptors (Lipinski definition) is 3. The summed E-state index contributed by atoms with van der Waals surface area (Å²) >= 11 is 5.41. The summed E-state index contributed by atoms with van der Waals surface area (Å²) in [5, 5.41) is 8.37. The van der Waals surface area contributed by atoms with Gasteiger partial charge in [-0.1, -0.05) is 0 Å². The number of nitrogens with one attached hydrogen (secondary N) is 1. The molecule has 0 amide bonds. The van der Waals surface area contributed by atoms with Gasteiger partial charge >= 0.3 is 0 Å². The standard InChI is InChI=1S/C7H11ClN2O/c8-10-6-1-2-7(3-4-9)11-5-6/h6-7,10H,1-3,5H2/t6-,7?/m0/s1. The molecule has 1 aliphatic rings. The maximum Gasteiger partial charge on any atom is 0.0706 e. The van der Waals surface area contributed by atoms with E-state index in [0.29, 0.717) is 13.0 Å². The fraction of sp³-hybridized carbons (Fsp3) is 0.857. The summed E-state index contributed by atoms with van der Waals surface area (Å²) in [5.74, 6) is 0. The van der Waals surface area contributed by atoms with E-state index in [1.807, 2.05) is 0 Å². The van der Waals surface area contributed by atoms with Gasteiger partial charge in [0.05, 0.1) is 25.2 Å². The summed E-state index contributed by atoms with van der Waals surface area (Å²) in [5.41, 5.74) is 0. The van der Waals surface area contributed by atoms with Crippen LogP contribution in [0.4, 0.5) is 0 Å². The van der Waals surface area contributed by atoms with Crippen LogP contribution in [0.2, 0.25) is 0 Å². The minimum atomic E-state index is 0.126. The molecule has 1 aliphatic heterocycles. The van der Waals surface area contributed by atoms with E-state index >= 15 is 0 Å². The van der Waals surface area contributed by atoms with E-state index in [-0.39, 0.29) is 12.1 Å². The minimum absolute atomic E-state index is 0.126. The molecule has 1 unspecified atom stereocenters. The second-order valence-electron chi connectivity index (χ2n) is 2.70. The lowest BCUT2D eigenvalue weighted by molar-refractivity contribution is 0.00535. The quantitative estimate of drug-likeness (QED) is 0.640. The molecule has 0 spiro atoms. The van der Waals surface area contributed by atoms with Crippen LogP contribution in [0.5, 0.6) is 0 Å². The van der Waals surface area contributed by atoms with Crippen molar-refractivity contribution in [1.82, 2.24) is 4.84 Å². The molecule has 0 saturated carbocycles. The SMILES string of the molecule is N#CCC1CC[C@H](NCl)CO1. The van der Waals surface area contributed by atoms with Gasteiger partial charge in [-0.3, -0.25) is 0 Å². The molecule has 1 N–H and O–H groups in total. The molecule has 0 aromatic carbocycles. The predicted octanol–water partition coefficient (Wildman–Crippen LogP) is 1.19. The van der Waals surface area contributed by atoms with Crippen LogP contribution in [0.3, 0.4) is 0 Å². The van der Waals surface area contributed by atoms with Crippen LogP contribution >= 0.6 is 11.8 Å². The smallest absolute Gasteiger partial charge is 0.0706 e. The number of hydrogen-bond donors (Lipinski definition) is 1. The zero-order chi connectivity index (χ0) is 8.10. The topological polar surface area (TPSA) is 45.0 Å². The molecule has 1 rings (SSSR count). The maximum absolute atomic E-state index is 8.37. The van der Waals surface area contributed by atoms with E-state index in [9.17, 15) is 0 Å². The molecular formula is C7H11ClN2O. The highest BCUT2D eigenvalue weighted by atomic mass is 35.5. The van der Waals surface area contributed by atoms with Crippen LogP contribution in [0, 0.1) is 11.3 Å². The fourth-order valence-corrected chi connectivity index (χ4v) is 1.33. The highest BCUT2D eigenvalue weighted by Gasteiger charge is 2.20. The normalized spacial score (nSPS) is 31.3. The molecule has 62 valence electrons. The van der Waals surface area contributed by atoms with E-state index in [2.05, 4.69) is 10.9 Å². The zero-order valence-electron chi connectivity index (χ0n) is 6.22. The van der Waals surface area contributed by atoms with Crippen LogP contribution in [-0.4, -0.2) is 18.8 Å². The van der Waals surface area contributed by atoms with Crippen molar-refractivity contribution in [3.8, 4) is 6.07 Å². The highest BCUT2D eigenvalue weighted by molar-refractivity contribution is 6.13. The summed E-state index contributed by atoms with van der Waals surface area (Å²) in [7, 11) is 0. The Morgan fingerprint density at radius 1 is 1.64 bits per heavy atom. The van der Waals surface area contributed by atoms with Crippen LogP contribution in [0.1, 0.15) is 19.3 Å². The Kier molecular flexibility index (Phi) is 3.64. The van der Waals surface area contributed by atoms with E-state index in [0.717, 1.165) is 12.8 Å². The van der Waals surface area contributed by atoms with Crippen LogP contribution in [0.25, 0.3) is 0 Å². The lowest BCUT2D eigenvalue weighted by atomic mass is 10.0. The van der Waals surface area contributed by atoms with Crippen molar-refractivity contribution in [1.29, 1.82) is 5.26 Å². The first-order valence-electron chi connectivity index (χ1n) is 3.71. The molecule has 0 aliphatic carbocycles. The molecule has 2 atom stereocenters. The summed E-state index contributed by atoms with van der Waals surface area (Å²) in [6, 6.07) is 2.35. The summed E-state index contributed by atoms with van der Waals surface area (Å²) in [6.07, 6.45) is 2.55. The van der Waals surface area contributed by atoms with Crippen molar-refractivity contribution in [3.63, 3.8) is 0 Å². The van der Waals surface area contributed by atoms with Gasteiger partial charge < -0.3 is 4.74 Å². The first-order valence-corrected chi connectivity index (χ1v) is 4.09. The molecule has 0 aromatic rings. The van der Waals surface area contributed by atoms with Gasteiger partial charge in [0.2, 0.25) is 0 Å². The molecule has 11 heavy (non-hydrogen) atoms. The Morgan fingerprint density at radius 2 is 2.45 bits per heavy atom. The van der Waals surface area contributed by atoms with Gasteiger partial charge in [-0.25, -0.2) is 4.84 Å². The van der Waals surface area contributed by atoms with Gasteiger partial charge in [-0.2, -0.15) is 5.26 Å². The first kappa shape index (κ1) is 8.79. The van der Waals surface area contributed by atoms with E-state index in [4.69, 9.17) is 21.8 Å². The van der Waals surface area contributed by atoms with Gasteiger partial charge in [-0.05, 0) is 24.6 Å². The first-order chi connectivity index (χ1) is 5.36. The van der Waals surface area contributed by atoms with Crippen molar-refractivity contribution in [2.75, 3.05) is 6.61 Å². The number of nitrogens with zero attached hydrogens (tertiary/aromatic N) is 1. The third-order valence-electron chi connectivity index (χ3n) is 1.84. The average Bonchev–Trinajstić information content (AvgIpc) is 2.07. The summed E-state index contributed by atoms with van der Waals surface area (Å²) < 4.78 is 5.35. The van der Waals surface area contributed by atoms with Crippen molar-refractivity contribution in [2.45, 2.75) is 31.4 Å². The largest absolute Gasteiger partial charge is 0.375 e. The Morgan fingerprint density at radius 3 is 2.91 bits per heavy atom. The predicted molar refractivity (Wildman–Crippen MR) is 42.0 cm³/mol. The molecule has 1 heterocycles. The van der Waals surface area contributed by atoms with E-state index < -0.39 is 0 Å². The highest BCUT2D eigenvalue weighted by Crippen LogP contribution is 2.15. The average molecular weight is 175 g/mol. The monoisotopic (exact) mass is 174 g/mol. The number of ether oxygens (including phenoxy) is 1. The van der Waals surface area contributed by atoms with Crippen molar-refractivity contribution < 1.29 is 4.74 Å². The summed E-state index contributed by atoms with van der Waals surface area (Å²) in [4.78, 5) is 2.63. The Hall–Kier alpha value is -0.300. The molecule has 0 radical (unpaired) electrons. The Bertz CT molecular complexity index is 149. The molecule has 1 fully saturated rings. The lowest BCUT2D eigenvalue weighted by Gasteiger charge is -2.26. The van der Waals surface area contributed by atoms with Gasteiger partial charge in [0.1, 0.15) is 0 Å². The second-order valence-corrected chi connectivity index (χ2v) is 2.92. The lowest BCUT2D eigenvalue weighted by Crippen LogP contribution is -2.35. The van der Waals surface area contributed by atoms with Gasteiger partial charge in [0.25, 0.3) is 0 Å². The number of halogens is 1. The Labute approximate surface area is 71.4 Å². The Balaban J connectivity index is 2.20. The van der Waals surface area contributed by atoms with Crippen molar-refractivity contribution >= 4 is 11.8 Å². The van der Waals surface area contributed by atoms with Crippen LogP contribution in [-0.2, 0) is 4.74 Å². The second kappa shape index (κ2) is 4.55. The van der Waals surface area contributed by atoms with Gasteiger partial charge in [0, 0.05) is 6.04 Å². The maximum atomic E-state index is 8.37. The molecule has 4 heteroatoms. The number of nitriles is 1. The molecule has 3 nitrogen and oxygen atoms in total. The zero-order valence-corrected chi connectivity index (χ0v) is 6.97. The van der Waals surface area contributed by atoms with Gasteiger partial charge in [0.15, 0.2) is 0 Å². The molecule has 0 aromatic heterocycles.